The van der Waals surface area contributed by atoms with Crippen LogP contribution in [0.15, 0.2) is 24.3 Å². The van der Waals surface area contributed by atoms with Crippen LogP contribution in [0.5, 0.6) is 0 Å². The fourth-order valence-electron chi connectivity index (χ4n) is 1.98. The predicted octanol–water partition coefficient (Wildman–Crippen LogP) is 5.16. The van der Waals surface area contributed by atoms with Gasteiger partial charge in [-0.25, -0.2) is 0 Å². The van der Waals surface area contributed by atoms with Crippen molar-refractivity contribution in [1.29, 1.82) is 0 Å². The second kappa shape index (κ2) is 9.50. The number of rotatable bonds is 7. The summed E-state index contributed by atoms with van der Waals surface area (Å²) in [4.78, 5) is 0. The van der Waals surface area contributed by atoms with E-state index < -0.39 is 0 Å². The highest BCUT2D eigenvalue weighted by Crippen LogP contribution is 2.09. The standard InChI is InChI=1S/C18H27N/c1-4-5-6-7-8-9-10-11-17(3)19-18-14-12-16(2)13-15-18/h12-15,17,19H,4-9H2,1-3H3/t17-/m0/s1. The van der Waals surface area contributed by atoms with Crippen LogP contribution < -0.4 is 5.32 Å². The summed E-state index contributed by atoms with van der Waals surface area (Å²) in [5.74, 6) is 6.56. The lowest BCUT2D eigenvalue weighted by molar-refractivity contribution is 0.641. The Morgan fingerprint density at radius 3 is 2.42 bits per heavy atom. The zero-order valence-electron chi connectivity index (χ0n) is 12.6. The van der Waals surface area contributed by atoms with Gasteiger partial charge in [0.05, 0.1) is 6.04 Å². The molecule has 1 rings (SSSR count). The van der Waals surface area contributed by atoms with Gasteiger partial charge < -0.3 is 5.32 Å². The quantitative estimate of drug-likeness (QED) is 0.525. The van der Waals surface area contributed by atoms with Crippen LogP contribution in [0.1, 0.15) is 57.9 Å². The van der Waals surface area contributed by atoms with Gasteiger partial charge in [0.1, 0.15) is 0 Å². The number of hydrogen-bond acceptors (Lipinski definition) is 1. The molecule has 1 aromatic carbocycles. The summed E-state index contributed by atoms with van der Waals surface area (Å²) in [6.45, 7) is 6.47. The highest BCUT2D eigenvalue weighted by molar-refractivity contribution is 5.46. The maximum Gasteiger partial charge on any atom is 0.0848 e. The number of unbranched alkanes of at least 4 members (excludes halogenated alkanes) is 5. The lowest BCUT2D eigenvalue weighted by Crippen LogP contribution is -2.12. The van der Waals surface area contributed by atoms with Gasteiger partial charge >= 0.3 is 0 Å². The molecule has 0 aliphatic rings. The second-order valence-corrected chi connectivity index (χ2v) is 5.22. The van der Waals surface area contributed by atoms with Crippen LogP contribution in [0.3, 0.4) is 0 Å². The Labute approximate surface area is 118 Å². The third kappa shape index (κ3) is 7.57. The molecular weight excluding hydrogens is 230 g/mol. The molecule has 0 aliphatic carbocycles. The molecule has 104 valence electrons. The van der Waals surface area contributed by atoms with Crippen molar-refractivity contribution in [2.24, 2.45) is 0 Å². The van der Waals surface area contributed by atoms with Gasteiger partial charge in [-0.1, -0.05) is 56.2 Å². The predicted molar refractivity (Wildman–Crippen MR) is 85.4 cm³/mol. The fourth-order valence-corrected chi connectivity index (χ4v) is 1.98. The number of anilines is 1. The Kier molecular flexibility index (Phi) is 7.82. The minimum Gasteiger partial charge on any atom is -0.372 e. The van der Waals surface area contributed by atoms with Crippen molar-refractivity contribution in [3.05, 3.63) is 29.8 Å². The molecule has 0 saturated heterocycles. The Morgan fingerprint density at radius 1 is 1.05 bits per heavy atom. The minimum absolute atomic E-state index is 0.221. The van der Waals surface area contributed by atoms with Crippen LogP contribution in [0.2, 0.25) is 0 Å². The van der Waals surface area contributed by atoms with Crippen molar-refractivity contribution in [2.45, 2.75) is 65.3 Å². The van der Waals surface area contributed by atoms with Crippen molar-refractivity contribution in [1.82, 2.24) is 0 Å². The van der Waals surface area contributed by atoms with Gasteiger partial charge in [0.25, 0.3) is 0 Å². The number of hydrogen-bond donors (Lipinski definition) is 1. The van der Waals surface area contributed by atoms with E-state index in [1.807, 2.05) is 0 Å². The molecule has 0 bridgehead atoms. The van der Waals surface area contributed by atoms with E-state index in [0.29, 0.717) is 0 Å². The Bertz CT molecular complexity index is 394. The summed E-state index contributed by atoms with van der Waals surface area (Å²) in [6.07, 6.45) is 7.62. The van der Waals surface area contributed by atoms with E-state index in [0.717, 1.165) is 12.1 Å². The third-order valence-electron chi connectivity index (χ3n) is 3.16. The SMILES string of the molecule is CCCCCCCC#C[C@H](C)Nc1ccc(C)cc1. The highest BCUT2D eigenvalue weighted by atomic mass is 14.9. The molecule has 1 atom stereocenters. The van der Waals surface area contributed by atoms with Gasteiger partial charge in [-0.3, -0.25) is 0 Å². The summed E-state index contributed by atoms with van der Waals surface area (Å²) < 4.78 is 0. The van der Waals surface area contributed by atoms with Crippen molar-refractivity contribution < 1.29 is 0 Å². The van der Waals surface area contributed by atoms with Gasteiger partial charge in [0, 0.05) is 12.1 Å². The van der Waals surface area contributed by atoms with Crippen molar-refractivity contribution in [3.63, 3.8) is 0 Å². The molecule has 1 aromatic rings. The molecule has 0 unspecified atom stereocenters. The lowest BCUT2D eigenvalue weighted by atomic mass is 10.1. The van der Waals surface area contributed by atoms with Crippen LogP contribution >= 0.6 is 0 Å². The summed E-state index contributed by atoms with van der Waals surface area (Å²) in [5, 5.41) is 3.41. The fraction of sp³-hybridized carbons (Fsp3) is 0.556. The van der Waals surface area contributed by atoms with Crippen LogP contribution in [-0.4, -0.2) is 6.04 Å². The van der Waals surface area contributed by atoms with E-state index in [1.165, 1.54) is 37.7 Å². The van der Waals surface area contributed by atoms with E-state index in [1.54, 1.807) is 0 Å². The first-order chi connectivity index (χ1) is 9.22. The molecule has 1 nitrogen and oxygen atoms in total. The van der Waals surface area contributed by atoms with Gasteiger partial charge in [0.15, 0.2) is 0 Å². The first-order valence-electron chi connectivity index (χ1n) is 7.54. The smallest absolute Gasteiger partial charge is 0.0848 e. The minimum atomic E-state index is 0.221. The second-order valence-electron chi connectivity index (χ2n) is 5.22. The van der Waals surface area contributed by atoms with Gasteiger partial charge in [-0.2, -0.15) is 0 Å². The van der Waals surface area contributed by atoms with E-state index in [9.17, 15) is 0 Å². The monoisotopic (exact) mass is 257 g/mol. The zero-order valence-corrected chi connectivity index (χ0v) is 12.6. The molecule has 1 heteroatoms. The summed E-state index contributed by atoms with van der Waals surface area (Å²) in [6, 6.07) is 8.68. The van der Waals surface area contributed by atoms with Crippen LogP contribution in [0.25, 0.3) is 0 Å². The van der Waals surface area contributed by atoms with Crippen LogP contribution in [-0.2, 0) is 0 Å². The van der Waals surface area contributed by atoms with Crippen molar-refractivity contribution in [3.8, 4) is 11.8 Å². The van der Waals surface area contributed by atoms with Crippen LogP contribution in [0, 0.1) is 18.8 Å². The highest BCUT2D eigenvalue weighted by Gasteiger charge is 1.96. The molecule has 0 aromatic heterocycles. The molecule has 1 N–H and O–H groups in total. The first kappa shape index (κ1) is 15.6. The maximum absolute atomic E-state index is 3.41. The third-order valence-corrected chi connectivity index (χ3v) is 3.16. The topological polar surface area (TPSA) is 12.0 Å². The molecule has 0 spiro atoms. The zero-order chi connectivity index (χ0) is 13.9. The van der Waals surface area contributed by atoms with Gasteiger partial charge in [0.2, 0.25) is 0 Å². The largest absolute Gasteiger partial charge is 0.372 e. The van der Waals surface area contributed by atoms with E-state index in [-0.39, 0.29) is 6.04 Å². The van der Waals surface area contributed by atoms with Gasteiger partial charge in [-0.15, -0.1) is 5.92 Å². The van der Waals surface area contributed by atoms with E-state index in [2.05, 4.69) is 62.2 Å². The number of aryl methyl sites for hydroxylation is 1. The normalized spacial score (nSPS) is 11.5. The molecule has 19 heavy (non-hydrogen) atoms. The maximum atomic E-state index is 3.41. The lowest BCUT2D eigenvalue weighted by Gasteiger charge is -2.09. The molecule has 0 aliphatic heterocycles. The Hall–Kier alpha value is -1.42. The molecule has 0 heterocycles. The molecule has 0 fully saturated rings. The Morgan fingerprint density at radius 2 is 1.74 bits per heavy atom. The summed E-state index contributed by atoms with van der Waals surface area (Å²) in [5.41, 5.74) is 2.44. The number of nitrogens with one attached hydrogen (secondary N) is 1. The number of benzene rings is 1. The summed E-state index contributed by atoms with van der Waals surface area (Å²) >= 11 is 0. The van der Waals surface area contributed by atoms with E-state index in [4.69, 9.17) is 0 Å². The molecule has 0 saturated carbocycles. The molecule has 0 radical (unpaired) electrons. The van der Waals surface area contributed by atoms with E-state index >= 15 is 0 Å². The molecular formula is C18H27N. The van der Waals surface area contributed by atoms with Crippen LogP contribution in [0.4, 0.5) is 5.69 Å². The Balaban J connectivity index is 2.20. The van der Waals surface area contributed by atoms with Crippen molar-refractivity contribution >= 4 is 5.69 Å². The average Bonchev–Trinajstić information content (AvgIpc) is 2.40. The van der Waals surface area contributed by atoms with Crippen molar-refractivity contribution in [2.75, 3.05) is 5.32 Å². The first-order valence-corrected chi connectivity index (χ1v) is 7.54. The molecule has 0 amide bonds. The average molecular weight is 257 g/mol. The summed E-state index contributed by atoms with van der Waals surface area (Å²) in [7, 11) is 0. The van der Waals surface area contributed by atoms with Gasteiger partial charge in [-0.05, 0) is 32.4 Å².